The van der Waals surface area contributed by atoms with Gasteiger partial charge in [0.05, 0.1) is 18.5 Å². The standard InChI is InChI=1S/C14H26N2O2/c1-11(2)14(18)9-16(10-14)12(17)13(8-15)6-4-3-5-7-13/h11,18H,3-10,15H2,1-2H3. The summed E-state index contributed by atoms with van der Waals surface area (Å²) in [6.45, 7) is 5.40. The molecule has 0 aromatic carbocycles. The molecule has 0 aromatic rings. The van der Waals surface area contributed by atoms with Crippen molar-refractivity contribution in [1.82, 2.24) is 4.90 Å². The maximum Gasteiger partial charge on any atom is 0.230 e. The molecule has 0 bridgehead atoms. The van der Waals surface area contributed by atoms with E-state index in [0.717, 1.165) is 25.7 Å². The summed E-state index contributed by atoms with van der Waals surface area (Å²) in [4.78, 5) is 14.4. The second kappa shape index (κ2) is 4.82. The van der Waals surface area contributed by atoms with E-state index in [2.05, 4.69) is 0 Å². The largest absolute Gasteiger partial charge is 0.386 e. The predicted octanol–water partition coefficient (Wildman–Crippen LogP) is 1.12. The Morgan fingerprint density at radius 1 is 1.28 bits per heavy atom. The van der Waals surface area contributed by atoms with Crippen LogP contribution in [0, 0.1) is 11.3 Å². The molecule has 4 nitrogen and oxygen atoms in total. The van der Waals surface area contributed by atoms with Gasteiger partial charge >= 0.3 is 0 Å². The lowest BCUT2D eigenvalue weighted by Gasteiger charge is -2.52. The molecule has 18 heavy (non-hydrogen) atoms. The lowest BCUT2D eigenvalue weighted by molar-refractivity contribution is -0.174. The summed E-state index contributed by atoms with van der Waals surface area (Å²) in [5.41, 5.74) is 4.86. The van der Waals surface area contributed by atoms with Crippen LogP contribution >= 0.6 is 0 Å². The van der Waals surface area contributed by atoms with Gasteiger partial charge in [0.15, 0.2) is 0 Å². The van der Waals surface area contributed by atoms with Crippen molar-refractivity contribution in [2.75, 3.05) is 19.6 Å². The van der Waals surface area contributed by atoms with Crippen molar-refractivity contribution in [3.63, 3.8) is 0 Å². The Labute approximate surface area is 110 Å². The fourth-order valence-corrected chi connectivity index (χ4v) is 3.19. The van der Waals surface area contributed by atoms with Gasteiger partial charge in [-0.1, -0.05) is 33.1 Å². The Morgan fingerprint density at radius 2 is 1.83 bits per heavy atom. The Morgan fingerprint density at radius 3 is 2.28 bits per heavy atom. The molecule has 0 unspecified atom stereocenters. The van der Waals surface area contributed by atoms with E-state index in [1.807, 2.05) is 13.8 Å². The second-order valence-corrected chi connectivity index (χ2v) is 6.46. The van der Waals surface area contributed by atoms with E-state index in [4.69, 9.17) is 5.73 Å². The minimum absolute atomic E-state index is 0.176. The van der Waals surface area contributed by atoms with Crippen LogP contribution in [-0.4, -0.2) is 41.1 Å². The minimum atomic E-state index is -0.680. The van der Waals surface area contributed by atoms with Crippen molar-refractivity contribution in [3.8, 4) is 0 Å². The van der Waals surface area contributed by atoms with Gasteiger partial charge in [-0.2, -0.15) is 0 Å². The third-order valence-corrected chi connectivity index (χ3v) is 4.95. The zero-order chi connectivity index (χ0) is 13.4. The van der Waals surface area contributed by atoms with Gasteiger partial charge in [-0.25, -0.2) is 0 Å². The highest BCUT2D eigenvalue weighted by atomic mass is 16.3. The van der Waals surface area contributed by atoms with E-state index < -0.39 is 5.60 Å². The quantitative estimate of drug-likeness (QED) is 0.793. The van der Waals surface area contributed by atoms with Gasteiger partial charge in [0, 0.05) is 6.54 Å². The first-order valence-corrected chi connectivity index (χ1v) is 7.15. The van der Waals surface area contributed by atoms with Crippen LogP contribution in [0.2, 0.25) is 0 Å². The number of hydrogen-bond donors (Lipinski definition) is 2. The molecule has 1 heterocycles. The molecule has 1 aliphatic heterocycles. The SMILES string of the molecule is CC(C)C1(O)CN(C(=O)C2(CN)CCCCC2)C1. The summed E-state index contributed by atoms with van der Waals surface area (Å²) >= 11 is 0. The van der Waals surface area contributed by atoms with E-state index in [0.29, 0.717) is 19.6 Å². The Hall–Kier alpha value is -0.610. The molecule has 1 saturated heterocycles. The van der Waals surface area contributed by atoms with E-state index in [1.54, 1.807) is 4.90 Å². The normalized spacial score (nSPS) is 25.9. The summed E-state index contributed by atoms with van der Waals surface area (Å²) in [5.74, 6) is 0.372. The van der Waals surface area contributed by atoms with Gasteiger partial charge in [0.1, 0.15) is 5.60 Å². The Kier molecular flexibility index (Phi) is 3.70. The van der Waals surface area contributed by atoms with E-state index in [1.165, 1.54) is 6.42 Å². The first-order valence-electron chi connectivity index (χ1n) is 7.15. The molecule has 0 radical (unpaired) electrons. The molecular weight excluding hydrogens is 228 g/mol. The maximum atomic E-state index is 12.6. The van der Waals surface area contributed by atoms with Crippen molar-refractivity contribution in [2.24, 2.45) is 17.1 Å². The van der Waals surface area contributed by atoms with Crippen LogP contribution in [0.15, 0.2) is 0 Å². The van der Waals surface area contributed by atoms with E-state index in [-0.39, 0.29) is 17.2 Å². The van der Waals surface area contributed by atoms with Crippen LogP contribution in [0.3, 0.4) is 0 Å². The summed E-state index contributed by atoms with van der Waals surface area (Å²) in [6, 6.07) is 0. The third-order valence-electron chi connectivity index (χ3n) is 4.95. The van der Waals surface area contributed by atoms with Crippen molar-refractivity contribution >= 4 is 5.91 Å². The summed E-state index contributed by atoms with van der Waals surface area (Å²) in [6.07, 6.45) is 5.25. The maximum absolute atomic E-state index is 12.6. The van der Waals surface area contributed by atoms with Gasteiger partial charge in [-0.05, 0) is 18.8 Å². The lowest BCUT2D eigenvalue weighted by atomic mass is 9.71. The molecule has 0 atom stereocenters. The summed E-state index contributed by atoms with van der Waals surface area (Å²) in [7, 11) is 0. The van der Waals surface area contributed by atoms with Crippen LogP contribution in [0.5, 0.6) is 0 Å². The fourth-order valence-electron chi connectivity index (χ4n) is 3.19. The number of amides is 1. The Bertz CT molecular complexity index is 316. The van der Waals surface area contributed by atoms with Crippen LogP contribution < -0.4 is 5.73 Å². The van der Waals surface area contributed by atoms with E-state index >= 15 is 0 Å². The van der Waals surface area contributed by atoms with Gasteiger partial charge in [-0.15, -0.1) is 0 Å². The van der Waals surface area contributed by atoms with Crippen molar-refractivity contribution < 1.29 is 9.90 Å². The summed E-state index contributed by atoms with van der Waals surface area (Å²) in [5, 5.41) is 10.2. The van der Waals surface area contributed by atoms with Crippen molar-refractivity contribution in [2.45, 2.75) is 51.6 Å². The molecule has 2 aliphatic rings. The van der Waals surface area contributed by atoms with Crippen LogP contribution in [0.4, 0.5) is 0 Å². The topological polar surface area (TPSA) is 66.6 Å². The molecule has 2 rings (SSSR count). The fraction of sp³-hybridized carbons (Fsp3) is 0.929. The van der Waals surface area contributed by atoms with Crippen LogP contribution in [0.1, 0.15) is 46.0 Å². The number of hydrogen-bond acceptors (Lipinski definition) is 3. The zero-order valence-electron chi connectivity index (χ0n) is 11.6. The molecule has 1 amide bonds. The number of nitrogens with zero attached hydrogens (tertiary/aromatic N) is 1. The summed E-state index contributed by atoms with van der Waals surface area (Å²) < 4.78 is 0. The molecule has 0 aromatic heterocycles. The number of carbonyl (C=O) groups is 1. The minimum Gasteiger partial charge on any atom is -0.386 e. The Balaban J connectivity index is 2.00. The second-order valence-electron chi connectivity index (χ2n) is 6.46. The average molecular weight is 254 g/mol. The number of aliphatic hydroxyl groups is 1. The molecule has 2 fully saturated rings. The number of rotatable bonds is 3. The van der Waals surface area contributed by atoms with Gasteiger partial charge in [-0.3, -0.25) is 4.79 Å². The predicted molar refractivity (Wildman–Crippen MR) is 70.9 cm³/mol. The number of carbonyl (C=O) groups excluding carboxylic acids is 1. The number of nitrogens with two attached hydrogens (primary N) is 1. The van der Waals surface area contributed by atoms with Crippen LogP contribution in [-0.2, 0) is 4.79 Å². The molecule has 1 aliphatic carbocycles. The smallest absolute Gasteiger partial charge is 0.230 e. The number of likely N-dealkylation sites (tertiary alicyclic amines) is 1. The van der Waals surface area contributed by atoms with Gasteiger partial charge in [0.2, 0.25) is 5.91 Å². The molecule has 4 heteroatoms. The first-order chi connectivity index (χ1) is 8.43. The highest BCUT2D eigenvalue weighted by Gasteiger charge is 2.50. The lowest BCUT2D eigenvalue weighted by Crippen LogP contribution is -2.68. The zero-order valence-corrected chi connectivity index (χ0v) is 11.6. The first kappa shape index (κ1) is 13.8. The molecule has 0 spiro atoms. The van der Waals surface area contributed by atoms with Crippen molar-refractivity contribution in [1.29, 1.82) is 0 Å². The molecule has 3 N–H and O–H groups in total. The van der Waals surface area contributed by atoms with Gasteiger partial charge in [0.25, 0.3) is 0 Å². The third kappa shape index (κ3) is 2.16. The molecular formula is C14H26N2O2. The van der Waals surface area contributed by atoms with E-state index in [9.17, 15) is 9.90 Å². The highest BCUT2D eigenvalue weighted by Crippen LogP contribution is 2.40. The van der Waals surface area contributed by atoms with Crippen LogP contribution in [0.25, 0.3) is 0 Å². The highest BCUT2D eigenvalue weighted by molar-refractivity contribution is 5.84. The molecule has 1 saturated carbocycles. The molecule has 104 valence electrons. The van der Waals surface area contributed by atoms with Gasteiger partial charge < -0.3 is 15.7 Å². The monoisotopic (exact) mass is 254 g/mol. The average Bonchev–Trinajstić information content (AvgIpc) is 2.34. The number of β-amino-alcohol motifs (C(OH)–C–C–N with tert-alkyl or cyclic N) is 1. The van der Waals surface area contributed by atoms with Crippen molar-refractivity contribution in [3.05, 3.63) is 0 Å².